The zero-order valence-corrected chi connectivity index (χ0v) is 20.0. The first-order valence-corrected chi connectivity index (χ1v) is 12.8. The Bertz CT molecular complexity index is 1130. The van der Waals surface area contributed by atoms with Gasteiger partial charge < -0.3 is 14.7 Å². The van der Waals surface area contributed by atoms with Gasteiger partial charge in [-0.1, -0.05) is 29.8 Å². The zero-order chi connectivity index (χ0) is 22.9. The van der Waals surface area contributed by atoms with E-state index in [1.165, 1.54) is 11.3 Å². The number of benzene rings is 1. The molecule has 1 aromatic carbocycles. The van der Waals surface area contributed by atoms with Crippen LogP contribution in [0.2, 0.25) is 0 Å². The Kier molecular flexibility index (Phi) is 6.03. The lowest BCUT2D eigenvalue weighted by Gasteiger charge is -2.37. The van der Waals surface area contributed by atoms with Gasteiger partial charge in [-0.3, -0.25) is 14.4 Å². The van der Waals surface area contributed by atoms with Crippen molar-refractivity contribution in [2.75, 3.05) is 31.1 Å². The monoisotopic (exact) mass is 479 g/mol. The molecule has 6 nitrogen and oxygen atoms in total. The van der Waals surface area contributed by atoms with E-state index in [9.17, 15) is 14.4 Å². The first kappa shape index (κ1) is 21.9. The summed E-state index contributed by atoms with van der Waals surface area (Å²) in [5, 5.41) is 3.89. The molecule has 5 rings (SSSR count). The molecule has 2 saturated heterocycles. The van der Waals surface area contributed by atoms with Crippen LogP contribution in [0.25, 0.3) is 0 Å². The van der Waals surface area contributed by atoms with Gasteiger partial charge in [-0.25, -0.2) is 0 Å². The van der Waals surface area contributed by atoms with Gasteiger partial charge in [0.2, 0.25) is 11.8 Å². The maximum absolute atomic E-state index is 13.6. The standard InChI is InChI=1S/C25H25N3O3S2/c1-17-6-8-18(9-7-17)28-22(29)16-19(23(28)20-4-2-14-32-20)24(30)26-10-12-27(13-11-26)25(31)21-5-3-15-33-21/h2-9,14-15,19,23H,10-13,16H2,1H3/t19-,23-/m1/s1. The van der Waals surface area contributed by atoms with Gasteiger partial charge in [-0.2, -0.15) is 0 Å². The van der Waals surface area contributed by atoms with E-state index in [1.807, 2.05) is 76.0 Å². The maximum Gasteiger partial charge on any atom is 0.264 e. The summed E-state index contributed by atoms with van der Waals surface area (Å²) >= 11 is 3.01. The summed E-state index contributed by atoms with van der Waals surface area (Å²) in [4.78, 5) is 46.6. The molecule has 0 aliphatic carbocycles. The zero-order valence-electron chi connectivity index (χ0n) is 18.3. The Labute approximate surface area is 201 Å². The number of nitrogens with zero attached hydrogens (tertiary/aromatic N) is 3. The van der Waals surface area contributed by atoms with Crippen LogP contribution < -0.4 is 4.90 Å². The minimum Gasteiger partial charge on any atom is -0.339 e. The molecule has 3 amide bonds. The van der Waals surface area contributed by atoms with Gasteiger partial charge in [0.1, 0.15) is 0 Å². The third-order valence-corrected chi connectivity index (χ3v) is 8.20. The van der Waals surface area contributed by atoms with Gasteiger partial charge in [0, 0.05) is 43.2 Å². The van der Waals surface area contributed by atoms with Crippen molar-refractivity contribution >= 4 is 46.1 Å². The SMILES string of the molecule is Cc1ccc(N2C(=O)C[C@@H](C(=O)N3CCN(C(=O)c4cccs4)CC3)[C@@H]2c2cccs2)cc1. The van der Waals surface area contributed by atoms with Crippen LogP contribution in [0.1, 0.15) is 32.6 Å². The lowest BCUT2D eigenvalue weighted by Crippen LogP contribution is -2.52. The molecule has 8 heteroatoms. The Balaban J connectivity index is 1.34. The van der Waals surface area contributed by atoms with Crippen molar-refractivity contribution in [2.24, 2.45) is 5.92 Å². The number of piperazine rings is 1. The summed E-state index contributed by atoms with van der Waals surface area (Å²) in [5.74, 6) is -0.436. The fraction of sp³-hybridized carbons (Fsp3) is 0.320. The minimum atomic E-state index is -0.433. The molecule has 2 atom stereocenters. The lowest BCUT2D eigenvalue weighted by molar-refractivity contribution is -0.138. The second kappa shape index (κ2) is 9.11. The molecule has 0 bridgehead atoms. The van der Waals surface area contributed by atoms with E-state index in [1.54, 1.807) is 16.2 Å². The highest BCUT2D eigenvalue weighted by molar-refractivity contribution is 7.12. The number of rotatable bonds is 4. The molecule has 2 aliphatic heterocycles. The van der Waals surface area contributed by atoms with Gasteiger partial charge in [-0.15, -0.1) is 22.7 Å². The number of hydrogen-bond acceptors (Lipinski definition) is 5. The highest BCUT2D eigenvalue weighted by Crippen LogP contribution is 2.43. The van der Waals surface area contributed by atoms with E-state index in [0.717, 1.165) is 21.0 Å². The second-order valence-corrected chi connectivity index (χ2v) is 10.4. The first-order chi connectivity index (χ1) is 16.0. The van der Waals surface area contributed by atoms with Crippen LogP contribution in [-0.2, 0) is 9.59 Å². The van der Waals surface area contributed by atoms with E-state index in [0.29, 0.717) is 26.2 Å². The van der Waals surface area contributed by atoms with E-state index in [-0.39, 0.29) is 30.2 Å². The van der Waals surface area contributed by atoms with Crippen LogP contribution >= 0.6 is 22.7 Å². The molecule has 0 N–H and O–H groups in total. The van der Waals surface area contributed by atoms with Gasteiger partial charge in [0.05, 0.1) is 16.8 Å². The predicted octanol–water partition coefficient (Wildman–Crippen LogP) is 4.20. The highest BCUT2D eigenvalue weighted by Gasteiger charge is 2.47. The highest BCUT2D eigenvalue weighted by atomic mass is 32.1. The van der Waals surface area contributed by atoms with Crippen LogP contribution in [0.3, 0.4) is 0 Å². The van der Waals surface area contributed by atoms with Crippen molar-refractivity contribution in [1.82, 2.24) is 9.80 Å². The number of thiophene rings is 2. The van der Waals surface area contributed by atoms with Gasteiger partial charge in [-0.05, 0) is 41.9 Å². The Morgan fingerprint density at radius 2 is 1.55 bits per heavy atom. The van der Waals surface area contributed by atoms with Crippen molar-refractivity contribution in [3.8, 4) is 0 Å². The summed E-state index contributed by atoms with van der Waals surface area (Å²) in [7, 11) is 0. The van der Waals surface area contributed by atoms with E-state index < -0.39 is 5.92 Å². The van der Waals surface area contributed by atoms with Crippen LogP contribution in [0.15, 0.2) is 59.3 Å². The smallest absolute Gasteiger partial charge is 0.264 e. The van der Waals surface area contributed by atoms with Crippen LogP contribution in [0.4, 0.5) is 5.69 Å². The van der Waals surface area contributed by atoms with Crippen LogP contribution in [-0.4, -0.2) is 53.7 Å². The van der Waals surface area contributed by atoms with Gasteiger partial charge in [0.25, 0.3) is 5.91 Å². The fourth-order valence-corrected chi connectivity index (χ4v) is 6.24. The van der Waals surface area contributed by atoms with Crippen molar-refractivity contribution in [3.05, 3.63) is 74.6 Å². The third-order valence-electron chi connectivity index (χ3n) is 6.40. The van der Waals surface area contributed by atoms with Crippen LogP contribution in [0, 0.1) is 12.8 Å². The fourth-order valence-electron chi connectivity index (χ4n) is 4.67. The quantitative estimate of drug-likeness (QED) is 0.564. The average Bonchev–Trinajstić information content (AvgIpc) is 3.60. The molecule has 0 saturated carbocycles. The second-order valence-electron chi connectivity index (χ2n) is 8.46. The number of hydrogen-bond donors (Lipinski definition) is 0. The summed E-state index contributed by atoms with van der Waals surface area (Å²) < 4.78 is 0. The molecule has 33 heavy (non-hydrogen) atoms. The molecular formula is C25H25N3O3S2. The molecular weight excluding hydrogens is 454 g/mol. The molecule has 0 radical (unpaired) electrons. The van der Waals surface area contributed by atoms with E-state index in [4.69, 9.17) is 0 Å². The maximum atomic E-state index is 13.6. The van der Waals surface area contributed by atoms with Crippen molar-refractivity contribution in [3.63, 3.8) is 0 Å². The molecule has 2 fully saturated rings. The molecule has 2 aliphatic rings. The Hall–Kier alpha value is -2.97. The number of carbonyl (C=O) groups is 3. The molecule has 2 aromatic heterocycles. The third kappa shape index (κ3) is 4.20. The first-order valence-electron chi connectivity index (χ1n) is 11.1. The summed E-state index contributed by atoms with van der Waals surface area (Å²) in [6, 6.07) is 15.3. The summed E-state index contributed by atoms with van der Waals surface area (Å²) in [6.45, 7) is 4.01. The largest absolute Gasteiger partial charge is 0.339 e. The lowest BCUT2D eigenvalue weighted by atomic mass is 9.96. The van der Waals surface area contributed by atoms with E-state index in [2.05, 4.69) is 0 Å². The normalized spacial score (nSPS) is 21.0. The molecule has 0 unspecified atom stereocenters. The summed E-state index contributed by atoms with van der Waals surface area (Å²) in [5.41, 5.74) is 1.95. The molecule has 0 spiro atoms. The van der Waals surface area contributed by atoms with Gasteiger partial charge >= 0.3 is 0 Å². The topological polar surface area (TPSA) is 60.9 Å². The molecule has 170 valence electrons. The van der Waals surface area contributed by atoms with Crippen LogP contribution in [0.5, 0.6) is 0 Å². The van der Waals surface area contributed by atoms with Crippen molar-refractivity contribution < 1.29 is 14.4 Å². The molecule has 4 heterocycles. The van der Waals surface area contributed by atoms with Crippen molar-refractivity contribution in [1.29, 1.82) is 0 Å². The number of anilines is 1. The van der Waals surface area contributed by atoms with Gasteiger partial charge in [0.15, 0.2) is 0 Å². The number of aryl methyl sites for hydroxylation is 1. The predicted molar refractivity (Wildman–Crippen MR) is 131 cm³/mol. The number of amides is 3. The minimum absolute atomic E-state index is 0.000385. The Morgan fingerprint density at radius 3 is 2.18 bits per heavy atom. The number of carbonyl (C=O) groups excluding carboxylic acids is 3. The average molecular weight is 480 g/mol. The summed E-state index contributed by atoms with van der Waals surface area (Å²) in [6.07, 6.45) is 0.198. The van der Waals surface area contributed by atoms with Crippen molar-refractivity contribution in [2.45, 2.75) is 19.4 Å². The van der Waals surface area contributed by atoms with E-state index >= 15 is 0 Å². The molecule has 3 aromatic rings. The Morgan fingerprint density at radius 1 is 0.879 bits per heavy atom.